The minimum Gasteiger partial charge on any atom is -0.377 e. The zero-order chi connectivity index (χ0) is 33.9. The average molecular weight is 683 g/mol. The Bertz CT molecular complexity index is 1630. The smallest absolute Gasteiger partial charge is 0.257 e. The number of carbonyl (C=O) groups is 3. The van der Waals surface area contributed by atoms with E-state index >= 15 is 4.39 Å². The van der Waals surface area contributed by atoms with Gasteiger partial charge in [0, 0.05) is 70.0 Å². The zero-order valence-corrected chi connectivity index (χ0v) is 28.5. The Labute approximate surface area is 285 Å². The van der Waals surface area contributed by atoms with Gasteiger partial charge in [-0.15, -0.1) is 0 Å². The topological polar surface area (TPSA) is 102 Å². The maximum atomic E-state index is 15.6. The van der Waals surface area contributed by atoms with E-state index in [-0.39, 0.29) is 64.9 Å². The Morgan fingerprint density at radius 3 is 2.44 bits per heavy atom. The van der Waals surface area contributed by atoms with Crippen molar-refractivity contribution in [1.82, 2.24) is 14.4 Å². The van der Waals surface area contributed by atoms with Gasteiger partial charge in [0.25, 0.3) is 5.91 Å². The maximum Gasteiger partial charge on any atom is 0.257 e. The number of methoxy groups -OCH3 is 2. The minimum atomic E-state index is -0.623. The number of nitrogens with one attached hydrogen (secondary N) is 1. The monoisotopic (exact) mass is 682 g/mol. The summed E-state index contributed by atoms with van der Waals surface area (Å²) in [6.07, 6.45) is 6.48. The van der Waals surface area contributed by atoms with E-state index in [1.807, 2.05) is 40.8 Å². The van der Waals surface area contributed by atoms with Crippen LogP contribution in [0.25, 0.3) is 10.9 Å². The SMILES string of the molecule is CO[C@H]1CN([C@H]2C[C@@H](CO[C@H]3CC[C@H](C=O)CC3)N(C(=O)Cc3cc(Cl)c(NC(=O)c4cn(C)c5ccccc45)cc3F)C2)C[C@H]1OC. The molecule has 258 valence electrons. The van der Waals surface area contributed by atoms with Gasteiger partial charge in [0.2, 0.25) is 5.91 Å². The first-order valence-corrected chi connectivity index (χ1v) is 17.1. The van der Waals surface area contributed by atoms with Crippen LogP contribution in [0.3, 0.4) is 0 Å². The molecule has 0 unspecified atom stereocenters. The summed E-state index contributed by atoms with van der Waals surface area (Å²) >= 11 is 6.57. The molecule has 2 amide bonds. The van der Waals surface area contributed by atoms with Gasteiger partial charge >= 0.3 is 0 Å². The van der Waals surface area contributed by atoms with Crippen LogP contribution in [0.1, 0.15) is 48.0 Å². The molecule has 3 heterocycles. The summed E-state index contributed by atoms with van der Waals surface area (Å²) in [6, 6.07) is 10.0. The fourth-order valence-corrected chi connectivity index (χ4v) is 7.81. The van der Waals surface area contributed by atoms with E-state index < -0.39 is 11.7 Å². The summed E-state index contributed by atoms with van der Waals surface area (Å²) in [5, 5.41) is 3.66. The quantitative estimate of drug-likeness (QED) is 0.289. The van der Waals surface area contributed by atoms with Crippen LogP contribution in [0, 0.1) is 11.7 Å². The number of aromatic nitrogens is 1. The van der Waals surface area contributed by atoms with Crippen molar-refractivity contribution in [3.8, 4) is 0 Å². The molecule has 1 aliphatic carbocycles. The number of rotatable bonds is 11. The van der Waals surface area contributed by atoms with E-state index in [1.54, 1.807) is 20.4 Å². The maximum absolute atomic E-state index is 15.6. The molecule has 48 heavy (non-hydrogen) atoms. The van der Waals surface area contributed by atoms with Crippen molar-refractivity contribution in [1.29, 1.82) is 0 Å². The number of fused-ring (bicyclic) bond motifs is 1. The van der Waals surface area contributed by atoms with Gasteiger partial charge in [0.15, 0.2) is 0 Å². The highest BCUT2D eigenvalue weighted by molar-refractivity contribution is 6.34. The van der Waals surface area contributed by atoms with E-state index in [9.17, 15) is 14.4 Å². The molecule has 3 aromatic rings. The molecule has 1 saturated carbocycles. The predicted molar refractivity (Wildman–Crippen MR) is 181 cm³/mol. The Balaban J connectivity index is 1.15. The van der Waals surface area contributed by atoms with E-state index in [2.05, 4.69) is 10.2 Å². The fourth-order valence-electron chi connectivity index (χ4n) is 7.58. The van der Waals surface area contributed by atoms with Gasteiger partial charge in [-0.1, -0.05) is 29.8 Å². The molecular formula is C36H44ClFN4O6. The summed E-state index contributed by atoms with van der Waals surface area (Å²) in [5.41, 5.74) is 1.64. The molecule has 3 aliphatic rings. The van der Waals surface area contributed by atoms with Gasteiger partial charge in [0.1, 0.15) is 12.1 Å². The van der Waals surface area contributed by atoms with Crippen LogP contribution in [0.5, 0.6) is 0 Å². The van der Waals surface area contributed by atoms with Crippen LogP contribution in [-0.2, 0) is 37.3 Å². The molecule has 2 aliphatic heterocycles. The van der Waals surface area contributed by atoms with Crippen LogP contribution in [0.4, 0.5) is 10.1 Å². The highest BCUT2D eigenvalue weighted by atomic mass is 35.5. The zero-order valence-electron chi connectivity index (χ0n) is 27.7. The Hall–Kier alpha value is -3.35. The summed E-state index contributed by atoms with van der Waals surface area (Å²) in [5.74, 6) is -1.15. The van der Waals surface area contributed by atoms with Gasteiger partial charge in [-0.3, -0.25) is 14.5 Å². The molecule has 0 radical (unpaired) electrons. The van der Waals surface area contributed by atoms with E-state index in [0.29, 0.717) is 38.2 Å². The Morgan fingerprint density at radius 2 is 1.75 bits per heavy atom. The summed E-state index contributed by atoms with van der Waals surface area (Å²) < 4.78 is 35.0. The first kappa shape index (κ1) is 34.5. The second kappa shape index (κ2) is 15.0. The molecule has 3 fully saturated rings. The molecule has 1 aromatic heterocycles. The van der Waals surface area contributed by atoms with Gasteiger partial charge < -0.3 is 33.8 Å². The predicted octanol–water partition coefficient (Wildman–Crippen LogP) is 4.86. The average Bonchev–Trinajstić information content (AvgIpc) is 3.81. The molecule has 2 aromatic carbocycles. The first-order chi connectivity index (χ1) is 23.2. The standard InChI is InChI=1S/C36H44ClFN4O6/c1-40-17-28(27-6-4-5-7-32(27)40)36(45)39-31-15-30(38)23(12-29(31)37)13-35(44)42-16-24(41-18-33(46-2)34(19-41)47-3)14-25(42)21-48-26-10-8-22(20-43)9-11-26/h4-7,12,15,17,20,22,24-26,33-34H,8-11,13-14,16,18-19,21H2,1-3H3,(H,39,45)/t22-,24-,25-,26-,33-,34+/m0/s1. The normalized spacial score (nSPS) is 26.3. The third-order valence-corrected chi connectivity index (χ3v) is 10.7. The highest BCUT2D eigenvalue weighted by Gasteiger charge is 2.43. The molecule has 6 rings (SSSR count). The first-order valence-electron chi connectivity index (χ1n) is 16.7. The van der Waals surface area contributed by atoms with Crippen molar-refractivity contribution < 1.29 is 33.0 Å². The van der Waals surface area contributed by atoms with Crippen molar-refractivity contribution >= 4 is 46.3 Å². The van der Waals surface area contributed by atoms with E-state index in [4.69, 9.17) is 25.8 Å². The van der Waals surface area contributed by atoms with Crippen LogP contribution < -0.4 is 5.32 Å². The highest BCUT2D eigenvalue weighted by Crippen LogP contribution is 2.32. The molecule has 4 atom stereocenters. The van der Waals surface area contributed by atoms with Crippen molar-refractivity contribution in [2.75, 3.05) is 45.8 Å². The number of amides is 2. The number of ether oxygens (including phenoxy) is 3. The number of aldehydes is 1. The summed E-state index contributed by atoms with van der Waals surface area (Å²) in [7, 11) is 5.22. The molecule has 0 spiro atoms. The number of halogens is 2. The number of hydrogen-bond acceptors (Lipinski definition) is 7. The number of nitrogens with zero attached hydrogens (tertiary/aromatic N) is 3. The lowest BCUT2D eigenvalue weighted by Gasteiger charge is -2.29. The lowest BCUT2D eigenvalue weighted by Crippen LogP contribution is -2.41. The summed E-state index contributed by atoms with van der Waals surface area (Å²) in [4.78, 5) is 42.4. The van der Waals surface area contributed by atoms with Gasteiger partial charge in [-0.2, -0.15) is 0 Å². The number of benzene rings is 2. The van der Waals surface area contributed by atoms with E-state index in [1.165, 1.54) is 12.1 Å². The number of carbonyl (C=O) groups excluding carboxylic acids is 3. The Morgan fingerprint density at radius 1 is 1.04 bits per heavy atom. The van der Waals surface area contributed by atoms with Gasteiger partial charge in [-0.25, -0.2) is 4.39 Å². The second-order valence-corrected chi connectivity index (χ2v) is 13.7. The third-order valence-electron chi connectivity index (χ3n) is 10.4. The summed E-state index contributed by atoms with van der Waals surface area (Å²) in [6.45, 7) is 2.24. The fraction of sp³-hybridized carbons (Fsp3) is 0.528. The number of aryl methyl sites for hydroxylation is 1. The lowest BCUT2D eigenvalue weighted by molar-refractivity contribution is -0.133. The lowest BCUT2D eigenvalue weighted by atomic mass is 9.88. The number of hydrogen-bond donors (Lipinski definition) is 1. The molecule has 12 heteroatoms. The van der Waals surface area contributed by atoms with Gasteiger partial charge in [0.05, 0.1) is 53.7 Å². The minimum absolute atomic E-state index is 0.0487. The molecule has 0 bridgehead atoms. The largest absolute Gasteiger partial charge is 0.377 e. The second-order valence-electron chi connectivity index (χ2n) is 13.3. The van der Waals surface area contributed by atoms with E-state index in [0.717, 1.165) is 42.9 Å². The number of anilines is 1. The van der Waals surface area contributed by atoms with Gasteiger partial charge in [-0.05, 0) is 55.9 Å². The molecule has 2 saturated heterocycles. The van der Waals surface area contributed by atoms with Crippen LogP contribution in [0.2, 0.25) is 5.02 Å². The molecule has 10 nitrogen and oxygen atoms in total. The Kier molecular flexibility index (Phi) is 10.8. The van der Waals surface area contributed by atoms with Crippen LogP contribution >= 0.6 is 11.6 Å². The number of para-hydroxylation sites is 1. The van der Waals surface area contributed by atoms with Crippen molar-refractivity contribution in [2.45, 2.75) is 68.9 Å². The van der Waals surface area contributed by atoms with Crippen molar-refractivity contribution in [2.24, 2.45) is 13.0 Å². The van der Waals surface area contributed by atoms with Crippen molar-refractivity contribution in [3.63, 3.8) is 0 Å². The van der Waals surface area contributed by atoms with Crippen LogP contribution in [-0.4, -0.2) is 103 Å². The molecule has 1 N–H and O–H groups in total. The third kappa shape index (κ3) is 7.30. The van der Waals surface area contributed by atoms with Crippen LogP contribution in [0.15, 0.2) is 42.6 Å². The molecular weight excluding hydrogens is 639 g/mol. The van der Waals surface area contributed by atoms with Crippen molar-refractivity contribution in [3.05, 3.63) is 64.6 Å². The number of likely N-dealkylation sites (tertiary alicyclic amines) is 2.